The Morgan fingerprint density at radius 3 is 2.90 bits per heavy atom. The first-order valence-electron chi connectivity index (χ1n) is 6.30. The second kappa shape index (κ2) is 5.50. The van der Waals surface area contributed by atoms with Crippen LogP contribution in [0.15, 0.2) is 24.3 Å². The zero-order valence-corrected chi connectivity index (χ0v) is 11.1. The Balaban J connectivity index is 2.00. The summed E-state index contributed by atoms with van der Waals surface area (Å²) < 4.78 is 5.17. The zero-order valence-electron chi connectivity index (χ0n) is 11.1. The number of ether oxygens (including phenoxy) is 1. The van der Waals surface area contributed by atoms with Crippen LogP contribution in [0.25, 0.3) is 0 Å². The molecule has 0 saturated carbocycles. The van der Waals surface area contributed by atoms with E-state index in [-0.39, 0.29) is 31.3 Å². The molecular formula is C14H17NO5. The van der Waals surface area contributed by atoms with E-state index in [1.54, 1.807) is 19.1 Å². The summed E-state index contributed by atoms with van der Waals surface area (Å²) in [7, 11) is 0. The third kappa shape index (κ3) is 2.91. The SMILES string of the molecule is CC1(C(=O)O)COCC1NC(=O)Cc1cccc(O)c1. The lowest BCUT2D eigenvalue weighted by atomic mass is 9.85. The highest BCUT2D eigenvalue weighted by Gasteiger charge is 2.47. The Morgan fingerprint density at radius 1 is 1.50 bits per heavy atom. The van der Waals surface area contributed by atoms with Crippen LogP contribution in [0.4, 0.5) is 0 Å². The molecule has 6 heteroatoms. The van der Waals surface area contributed by atoms with Crippen molar-refractivity contribution in [2.45, 2.75) is 19.4 Å². The molecule has 1 aromatic carbocycles. The van der Waals surface area contributed by atoms with Gasteiger partial charge in [-0.1, -0.05) is 12.1 Å². The van der Waals surface area contributed by atoms with Gasteiger partial charge in [0.15, 0.2) is 0 Å². The Morgan fingerprint density at radius 2 is 2.25 bits per heavy atom. The fourth-order valence-electron chi connectivity index (χ4n) is 2.18. The van der Waals surface area contributed by atoms with Crippen LogP contribution in [0.2, 0.25) is 0 Å². The van der Waals surface area contributed by atoms with E-state index in [1.807, 2.05) is 0 Å². The molecule has 1 aliphatic heterocycles. The van der Waals surface area contributed by atoms with Gasteiger partial charge in [0.25, 0.3) is 0 Å². The van der Waals surface area contributed by atoms with Crippen molar-refractivity contribution < 1.29 is 24.5 Å². The molecule has 3 N–H and O–H groups in total. The number of hydrogen-bond acceptors (Lipinski definition) is 4. The minimum atomic E-state index is -1.10. The third-order valence-electron chi connectivity index (χ3n) is 3.55. The van der Waals surface area contributed by atoms with Crippen LogP contribution in [0.5, 0.6) is 5.75 Å². The molecule has 6 nitrogen and oxygen atoms in total. The summed E-state index contributed by atoms with van der Waals surface area (Å²) in [6.45, 7) is 1.83. The fraction of sp³-hybridized carbons (Fsp3) is 0.429. The Kier molecular flexibility index (Phi) is 3.94. The van der Waals surface area contributed by atoms with Crippen LogP contribution in [0.3, 0.4) is 0 Å². The minimum Gasteiger partial charge on any atom is -0.508 e. The molecule has 1 fully saturated rings. The van der Waals surface area contributed by atoms with E-state index in [1.165, 1.54) is 12.1 Å². The first kappa shape index (κ1) is 14.3. The van der Waals surface area contributed by atoms with Crippen molar-refractivity contribution in [3.63, 3.8) is 0 Å². The van der Waals surface area contributed by atoms with Crippen LogP contribution < -0.4 is 5.32 Å². The summed E-state index contributed by atoms with van der Waals surface area (Å²) in [5, 5.41) is 21.2. The molecule has 0 spiro atoms. The van der Waals surface area contributed by atoms with Crippen LogP contribution in [0.1, 0.15) is 12.5 Å². The Hall–Kier alpha value is -2.08. The Labute approximate surface area is 116 Å². The lowest BCUT2D eigenvalue weighted by Gasteiger charge is -2.25. The zero-order chi connectivity index (χ0) is 14.8. The first-order chi connectivity index (χ1) is 9.41. The van der Waals surface area contributed by atoms with E-state index in [9.17, 15) is 19.8 Å². The molecular weight excluding hydrogens is 262 g/mol. The summed E-state index contributed by atoms with van der Waals surface area (Å²) in [5.74, 6) is -1.19. The minimum absolute atomic E-state index is 0.0827. The van der Waals surface area contributed by atoms with Gasteiger partial charge in [-0.25, -0.2) is 0 Å². The fourth-order valence-corrected chi connectivity index (χ4v) is 2.18. The summed E-state index contributed by atoms with van der Waals surface area (Å²) in [6, 6.07) is 5.85. The molecule has 2 atom stereocenters. The number of hydrogen-bond donors (Lipinski definition) is 3. The van der Waals surface area contributed by atoms with E-state index < -0.39 is 17.4 Å². The molecule has 0 bridgehead atoms. The molecule has 1 heterocycles. The number of amides is 1. The monoisotopic (exact) mass is 279 g/mol. The number of phenols is 1. The van der Waals surface area contributed by atoms with Crippen molar-refractivity contribution in [2.75, 3.05) is 13.2 Å². The Bertz CT molecular complexity index is 530. The van der Waals surface area contributed by atoms with Crippen LogP contribution in [0, 0.1) is 5.41 Å². The maximum Gasteiger partial charge on any atom is 0.313 e. The molecule has 1 aliphatic rings. The van der Waals surface area contributed by atoms with Gasteiger partial charge in [0.2, 0.25) is 5.91 Å². The molecule has 1 amide bonds. The predicted octanol–water partition coefficient (Wildman–Crippen LogP) is 0.541. The van der Waals surface area contributed by atoms with E-state index in [4.69, 9.17) is 4.74 Å². The van der Waals surface area contributed by atoms with Crippen LogP contribution in [-0.2, 0) is 20.7 Å². The van der Waals surface area contributed by atoms with Crippen molar-refractivity contribution >= 4 is 11.9 Å². The number of phenolic OH excluding ortho intramolecular Hbond substituents is 1. The largest absolute Gasteiger partial charge is 0.508 e. The van der Waals surface area contributed by atoms with Crippen molar-refractivity contribution in [3.8, 4) is 5.75 Å². The average molecular weight is 279 g/mol. The third-order valence-corrected chi connectivity index (χ3v) is 3.55. The van der Waals surface area contributed by atoms with E-state index in [0.717, 1.165) is 0 Å². The number of rotatable bonds is 4. The normalized spacial score (nSPS) is 25.4. The lowest BCUT2D eigenvalue weighted by molar-refractivity contribution is -0.149. The molecule has 20 heavy (non-hydrogen) atoms. The molecule has 0 aliphatic carbocycles. The smallest absolute Gasteiger partial charge is 0.313 e. The van der Waals surface area contributed by atoms with Crippen molar-refractivity contribution in [1.29, 1.82) is 0 Å². The van der Waals surface area contributed by atoms with Gasteiger partial charge >= 0.3 is 5.97 Å². The summed E-state index contributed by atoms with van der Waals surface area (Å²) in [5.41, 5.74) is -0.437. The van der Waals surface area contributed by atoms with Crippen LogP contribution in [-0.4, -0.2) is 41.3 Å². The maximum atomic E-state index is 11.9. The summed E-state index contributed by atoms with van der Waals surface area (Å²) in [4.78, 5) is 23.2. The van der Waals surface area contributed by atoms with Gasteiger partial charge in [0.1, 0.15) is 11.2 Å². The van der Waals surface area contributed by atoms with Crippen molar-refractivity contribution in [3.05, 3.63) is 29.8 Å². The van der Waals surface area contributed by atoms with Gasteiger partial charge in [0.05, 0.1) is 25.7 Å². The van der Waals surface area contributed by atoms with Crippen molar-refractivity contribution in [1.82, 2.24) is 5.32 Å². The average Bonchev–Trinajstić information content (AvgIpc) is 2.72. The van der Waals surface area contributed by atoms with Crippen molar-refractivity contribution in [2.24, 2.45) is 5.41 Å². The molecule has 1 aromatic rings. The van der Waals surface area contributed by atoms with Gasteiger partial charge < -0.3 is 20.3 Å². The highest BCUT2D eigenvalue weighted by Crippen LogP contribution is 2.28. The second-order valence-corrected chi connectivity index (χ2v) is 5.20. The first-order valence-corrected chi connectivity index (χ1v) is 6.30. The number of carboxylic acids is 1. The van der Waals surface area contributed by atoms with Gasteiger partial charge in [-0.05, 0) is 24.6 Å². The number of carbonyl (C=O) groups excluding carboxylic acids is 1. The lowest BCUT2D eigenvalue weighted by Crippen LogP contribution is -2.50. The van der Waals surface area contributed by atoms with E-state index >= 15 is 0 Å². The number of aromatic hydroxyl groups is 1. The number of nitrogens with one attached hydrogen (secondary N) is 1. The molecule has 2 unspecified atom stereocenters. The molecule has 2 rings (SSSR count). The molecule has 108 valence electrons. The summed E-state index contributed by atoms with van der Waals surface area (Å²) >= 11 is 0. The van der Waals surface area contributed by atoms with E-state index in [0.29, 0.717) is 5.56 Å². The quantitative estimate of drug-likeness (QED) is 0.747. The number of benzene rings is 1. The number of aliphatic carboxylic acids is 1. The maximum absolute atomic E-state index is 11.9. The van der Waals surface area contributed by atoms with Gasteiger partial charge in [-0.15, -0.1) is 0 Å². The highest BCUT2D eigenvalue weighted by molar-refractivity contribution is 5.81. The molecule has 0 radical (unpaired) electrons. The molecule has 1 saturated heterocycles. The number of carboxylic acid groups (broad SMARTS) is 1. The van der Waals surface area contributed by atoms with Gasteiger partial charge in [-0.3, -0.25) is 9.59 Å². The summed E-state index contributed by atoms with van der Waals surface area (Å²) in [6.07, 6.45) is 0.0839. The second-order valence-electron chi connectivity index (χ2n) is 5.20. The van der Waals surface area contributed by atoms with Crippen LogP contribution >= 0.6 is 0 Å². The predicted molar refractivity (Wildman–Crippen MR) is 70.3 cm³/mol. The van der Waals surface area contributed by atoms with Gasteiger partial charge in [-0.2, -0.15) is 0 Å². The standard InChI is InChI=1S/C14H17NO5/c1-14(13(18)19)8-20-7-11(14)15-12(17)6-9-3-2-4-10(16)5-9/h2-5,11,16H,6-8H2,1H3,(H,15,17)(H,18,19). The molecule has 0 aromatic heterocycles. The number of carbonyl (C=O) groups is 2. The highest BCUT2D eigenvalue weighted by atomic mass is 16.5. The topological polar surface area (TPSA) is 95.9 Å². The van der Waals surface area contributed by atoms with E-state index in [2.05, 4.69) is 5.32 Å². The van der Waals surface area contributed by atoms with Gasteiger partial charge in [0, 0.05) is 0 Å².